The van der Waals surface area contributed by atoms with Crippen molar-refractivity contribution < 1.29 is 4.79 Å². The molecule has 1 saturated heterocycles. The number of carbonyl (C=O) groups excluding carboxylic acids is 1. The van der Waals surface area contributed by atoms with Crippen LogP contribution in [0, 0.1) is 12.8 Å². The van der Waals surface area contributed by atoms with Crippen LogP contribution >= 0.6 is 0 Å². The summed E-state index contributed by atoms with van der Waals surface area (Å²) in [6, 6.07) is 0.0381. The van der Waals surface area contributed by atoms with Crippen molar-refractivity contribution in [3.05, 3.63) is 17.5 Å². The molecule has 5 heteroatoms. The molecule has 2 aliphatic rings. The van der Waals surface area contributed by atoms with Crippen LogP contribution in [0.4, 0.5) is 0 Å². The fraction of sp³-hybridized carbons (Fsp3) is 0.750. The summed E-state index contributed by atoms with van der Waals surface area (Å²) in [6.07, 6.45) is 9.53. The minimum absolute atomic E-state index is 0.0381. The van der Waals surface area contributed by atoms with E-state index in [1.165, 1.54) is 37.7 Å². The lowest BCUT2D eigenvalue weighted by Crippen LogP contribution is -2.55. The first kappa shape index (κ1) is 14.6. The van der Waals surface area contributed by atoms with Crippen molar-refractivity contribution in [3.63, 3.8) is 0 Å². The highest BCUT2D eigenvalue weighted by atomic mass is 16.2. The lowest BCUT2D eigenvalue weighted by Gasteiger charge is -2.37. The number of amides is 1. The van der Waals surface area contributed by atoms with Crippen molar-refractivity contribution in [2.75, 3.05) is 13.1 Å². The molecule has 116 valence electrons. The standard InChI is InChI=1S/C16H26N4O/c1-12-14(10-18-19-12)11-20-8-7-17-16(21)15(20)9-13-5-3-2-4-6-13/h10,13,15H,2-9,11H2,1H3,(H,17,21)(H,18,19). The zero-order valence-corrected chi connectivity index (χ0v) is 12.9. The molecule has 3 rings (SSSR count). The maximum absolute atomic E-state index is 12.3. The van der Waals surface area contributed by atoms with Gasteiger partial charge in [-0.3, -0.25) is 14.8 Å². The van der Waals surface area contributed by atoms with Gasteiger partial charge in [0, 0.05) is 30.9 Å². The average molecular weight is 290 g/mol. The zero-order chi connectivity index (χ0) is 14.7. The maximum Gasteiger partial charge on any atom is 0.237 e. The molecule has 5 nitrogen and oxygen atoms in total. The van der Waals surface area contributed by atoms with Crippen LogP contribution in [-0.4, -0.2) is 40.1 Å². The van der Waals surface area contributed by atoms with Crippen molar-refractivity contribution in [1.29, 1.82) is 0 Å². The van der Waals surface area contributed by atoms with Crippen LogP contribution in [0.3, 0.4) is 0 Å². The van der Waals surface area contributed by atoms with Crippen molar-refractivity contribution in [1.82, 2.24) is 20.4 Å². The number of aryl methyl sites for hydroxylation is 1. The Bertz CT molecular complexity index is 478. The maximum atomic E-state index is 12.3. The first-order chi connectivity index (χ1) is 10.2. The number of carbonyl (C=O) groups is 1. The molecular formula is C16H26N4O. The number of rotatable bonds is 4. The van der Waals surface area contributed by atoms with Gasteiger partial charge in [0.2, 0.25) is 5.91 Å². The summed E-state index contributed by atoms with van der Waals surface area (Å²) in [5, 5.41) is 10.1. The topological polar surface area (TPSA) is 61.0 Å². The van der Waals surface area contributed by atoms with E-state index in [2.05, 4.69) is 20.4 Å². The minimum atomic E-state index is 0.0381. The summed E-state index contributed by atoms with van der Waals surface area (Å²) < 4.78 is 0. The van der Waals surface area contributed by atoms with Crippen LogP contribution in [-0.2, 0) is 11.3 Å². The molecule has 1 atom stereocenters. The number of aromatic nitrogens is 2. The molecule has 0 aromatic carbocycles. The Balaban J connectivity index is 1.67. The predicted octanol–water partition coefficient (Wildman–Crippen LogP) is 1.99. The monoisotopic (exact) mass is 290 g/mol. The largest absolute Gasteiger partial charge is 0.353 e. The normalized spacial score (nSPS) is 25.0. The number of nitrogens with one attached hydrogen (secondary N) is 2. The summed E-state index contributed by atoms with van der Waals surface area (Å²) in [7, 11) is 0. The van der Waals surface area contributed by atoms with Crippen molar-refractivity contribution in [3.8, 4) is 0 Å². The number of hydrogen-bond donors (Lipinski definition) is 2. The summed E-state index contributed by atoms with van der Waals surface area (Å²) >= 11 is 0. The molecule has 0 bridgehead atoms. The molecule has 2 heterocycles. The Hall–Kier alpha value is -1.36. The molecule has 0 radical (unpaired) electrons. The van der Waals surface area contributed by atoms with E-state index in [4.69, 9.17) is 0 Å². The molecule has 2 fully saturated rings. The van der Waals surface area contributed by atoms with Crippen LogP contribution in [0.25, 0.3) is 0 Å². The summed E-state index contributed by atoms with van der Waals surface area (Å²) in [5.41, 5.74) is 2.32. The second kappa shape index (κ2) is 6.60. The summed E-state index contributed by atoms with van der Waals surface area (Å²) in [5.74, 6) is 0.938. The van der Waals surface area contributed by atoms with Gasteiger partial charge in [0.1, 0.15) is 0 Å². The van der Waals surface area contributed by atoms with Crippen LogP contribution in [0.2, 0.25) is 0 Å². The number of hydrogen-bond acceptors (Lipinski definition) is 3. The third-order valence-electron chi connectivity index (χ3n) is 5.03. The highest BCUT2D eigenvalue weighted by Crippen LogP contribution is 2.29. The Kier molecular flexibility index (Phi) is 4.58. The Morgan fingerprint density at radius 3 is 2.86 bits per heavy atom. The highest BCUT2D eigenvalue weighted by Gasteiger charge is 2.32. The van der Waals surface area contributed by atoms with E-state index in [9.17, 15) is 4.79 Å². The van der Waals surface area contributed by atoms with Gasteiger partial charge in [0.15, 0.2) is 0 Å². The Morgan fingerprint density at radius 2 is 2.14 bits per heavy atom. The Morgan fingerprint density at radius 1 is 1.33 bits per heavy atom. The molecule has 21 heavy (non-hydrogen) atoms. The van der Waals surface area contributed by atoms with Crippen molar-refractivity contribution in [2.45, 2.75) is 58.0 Å². The van der Waals surface area contributed by atoms with Gasteiger partial charge in [0.25, 0.3) is 0 Å². The number of nitrogens with zero attached hydrogens (tertiary/aromatic N) is 2. The molecule has 1 aliphatic carbocycles. The SMILES string of the molecule is Cc1[nH]ncc1CN1CCNC(=O)C1CC1CCCCC1. The average Bonchev–Trinajstić information content (AvgIpc) is 2.89. The number of H-pyrrole nitrogens is 1. The lowest BCUT2D eigenvalue weighted by molar-refractivity contribution is -0.130. The summed E-state index contributed by atoms with van der Waals surface area (Å²) in [6.45, 7) is 4.57. The third-order valence-corrected chi connectivity index (χ3v) is 5.03. The molecule has 2 N–H and O–H groups in total. The Labute approximate surface area is 126 Å². The smallest absolute Gasteiger partial charge is 0.237 e. The third kappa shape index (κ3) is 3.46. The molecule has 1 aromatic heterocycles. The van der Waals surface area contributed by atoms with Gasteiger partial charge in [-0.2, -0.15) is 5.10 Å². The zero-order valence-electron chi connectivity index (χ0n) is 12.9. The van der Waals surface area contributed by atoms with Gasteiger partial charge in [0.05, 0.1) is 12.2 Å². The van der Waals surface area contributed by atoms with Crippen LogP contribution in [0.15, 0.2) is 6.20 Å². The van der Waals surface area contributed by atoms with Gasteiger partial charge >= 0.3 is 0 Å². The minimum Gasteiger partial charge on any atom is -0.353 e. The second-order valence-electron chi connectivity index (χ2n) is 6.54. The molecule has 0 spiro atoms. The number of piperazine rings is 1. The van der Waals surface area contributed by atoms with E-state index in [1.807, 2.05) is 13.1 Å². The molecule has 1 aromatic rings. The van der Waals surface area contributed by atoms with E-state index in [1.54, 1.807) is 0 Å². The van der Waals surface area contributed by atoms with Crippen LogP contribution < -0.4 is 5.32 Å². The van der Waals surface area contributed by atoms with E-state index >= 15 is 0 Å². The van der Waals surface area contributed by atoms with E-state index in [-0.39, 0.29) is 11.9 Å². The second-order valence-corrected chi connectivity index (χ2v) is 6.54. The van der Waals surface area contributed by atoms with Crippen molar-refractivity contribution in [2.24, 2.45) is 5.92 Å². The highest BCUT2D eigenvalue weighted by molar-refractivity contribution is 5.82. The predicted molar refractivity (Wildman–Crippen MR) is 81.7 cm³/mol. The van der Waals surface area contributed by atoms with Gasteiger partial charge < -0.3 is 5.32 Å². The number of aromatic amines is 1. The van der Waals surface area contributed by atoms with Crippen LogP contribution in [0.1, 0.15) is 49.8 Å². The van der Waals surface area contributed by atoms with Gasteiger partial charge in [-0.15, -0.1) is 0 Å². The van der Waals surface area contributed by atoms with Crippen LogP contribution in [0.5, 0.6) is 0 Å². The fourth-order valence-electron chi connectivity index (χ4n) is 3.70. The molecule has 1 unspecified atom stereocenters. The molecular weight excluding hydrogens is 264 g/mol. The van der Waals surface area contributed by atoms with E-state index < -0.39 is 0 Å². The molecule has 1 amide bonds. The molecule has 1 saturated carbocycles. The van der Waals surface area contributed by atoms with Gasteiger partial charge in [-0.25, -0.2) is 0 Å². The quantitative estimate of drug-likeness (QED) is 0.891. The van der Waals surface area contributed by atoms with Gasteiger partial charge in [-0.05, 0) is 19.3 Å². The fourth-order valence-corrected chi connectivity index (χ4v) is 3.70. The molecule has 1 aliphatic heterocycles. The first-order valence-electron chi connectivity index (χ1n) is 8.24. The van der Waals surface area contributed by atoms with E-state index in [0.717, 1.165) is 37.7 Å². The lowest BCUT2D eigenvalue weighted by atomic mass is 9.84. The summed E-state index contributed by atoms with van der Waals surface area (Å²) in [4.78, 5) is 14.7. The van der Waals surface area contributed by atoms with Gasteiger partial charge in [-0.1, -0.05) is 32.1 Å². The van der Waals surface area contributed by atoms with E-state index in [0.29, 0.717) is 0 Å². The first-order valence-corrected chi connectivity index (χ1v) is 8.24. The van der Waals surface area contributed by atoms with Crippen molar-refractivity contribution >= 4 is 5.91 Å².